The van der Waals surface area contributed by atoms with Gasteiger partial charge in [-0.05, 0) is 12.2 Å². The van der Waals surface area contributed by atoms with Gasteiger partial charge in [-0.15, -0.1) is 5.10 Å². The molecular weight excluding hydrogens is 218 g/mol. The fourth-order valence-corrected chi connectivity index (χ4v) is 1.18. The van der Waals surface area contributed by atoms with Gasteiger partial charge in [-0.3, -0.25) is 9.36 Å². The summed E-state index contributed by atoms with van der Waals surface area (Å²) in [6, 6.07) is 0. The summed E-state index contributed by atoms with van der Waals surface area (Å²) >= 11 is 4.89. The zero-order valence-electron chi connectivity index (χ0n) is 8.32. The van der Waals surface area contributed by atoms with E-state index < -0.39 is 0 Å². The van der Waals surface area contributed by atoms with Crippen LogP contribution in [0.1, 0.15) is 0 Å². The SMILES string of the molecule is COCCNC(=O)Cn1c(N)n[nH]c1=S. The number of ether oxygens (including phenoxy) is 1. The van der Waals surface area contributed by atoms with Crippen molar-refractivity contribution in [1.29, 1.82) is 0 Å². The molecule has 0 saturated heterocycles. The summed E-state index contributed by atoms with van der Waals surface area (Å²) < 4.78 is 6.53. The van der Waals surface area contributed by atoms with Crippen LogP contribution in [0, 0.1) is 4.77 Å². The van der Waals surface area contributed by atoms with E-state index in [2.05, 4.69) is 15.5 Å². The van der Waals surface area contributed by atoms with Crippen molar-refractivity contribution in [2.24, 2.45) is 0 Å². The van der Waals surface area contributed by atoms with Gasteiger partial charge in [-0.25, -0.2) is 5.10 Å². The number of methoxy groups -OCH3 is 1. The van der Waals surface area contributed by atoms with E-state index in [0.717, 1.165) is 0 Å². The Hall–Kier alpha value is -1.41. The first-order valence-corrected chi connectivity index (χ1v) is 4.72. The normalized spacial score (nSPS) is 10.2. The molecule has 0 fully saturated rings. The Labute approximate surface area is 91.6 Å². The molecule has 0 spiro atoms. The second-order valence-corrected chi connectivity index (χ2v) is 3.20. The number of hydrogen-bond acceptors (Lipinski definition) is 5. The third-order valence-corrected chi connectivity index (χ3v) is 2.03. The van der Waals surface area contributed by atoms with Gasteiger partial charge in [0.1, 0.15) is 6.54 Å². The van der Waals surface area contributed by atoms with Crippen molar-refractivity contribution in [3.05, 3.63) is 4.77 Å². The van der Waals surface area contributed by atoms with Gasteiger partial charge in [0, 0.05) is 13.7 Å². The number of carbonyl (C=O) groups excluding carboxylic acids is 1. The molecule has 1 aromatic heterocycles. The van der Waals surface area contributed by atoms with Gasteiger partial charge in [0.15, 0.2) is 4.77 Å². The molecule has 0 bridgehead atoms. The Bertz CT molecular complexity index is 385. The minimum atomic E-state index is -0.184. The Morgan fingerprint density at radius 1 is 1.80 bits per heavy atom. The third-order valence-electron chi connectivity index (χ3n) is 1.72. The van der Waals surface area contributed by atoms with E-state index in [1.807, 2.05) is 0 Å². The van der Waals surface area contributed by atoms with Crippen LogP contribution in [0.3, 0.4) is 0 Å². The van der Waals surface area contributed by atoms with E-state index >= 15 is 0 Å². The standard InChI is InChI=1S/C7H13N5O2S/c1-14-3-2-9-5(13)4-12-6(8)10-11-7(12)15/h2-4H2,1H3,(H2,8,10)(H,9,13)(H,11,15). The number of rotatable bonds is 5. The summed E-state index contributed by atoms with van der Waals surface area (Å²) in [7, 11) is 1.57. The molecule has 0 aliphatic heterocycles. The first kappa shape index (κ1) is 11.7. The van der Waals surface area contributed by atoms with Crippen LogP contribution >= 0.6 is 12.2 Å². The van der Waals surface area contributed by atoms with Crippen molar-refractivity contribution >= 4 is 24.1 Å². The summed E-state index contributed by atoms with van der Waals surface area (Å²) in [6.45, 7) is 0.989. The van der Waals surface area contributed by atoms with Crippen LogP contribution < -0.4 is 11.1 Å². The van der Waals surface area contributed by atoms with Crippen LogP contribution in [0.15, 0.2) is 0 Å². The number of nitrogen functional groups attached to an aromatic ring is 1. The lowest BCUT2D eigenvalue weighted by molar-refractivity contribution is -0.121. The predicted octanol–water partition coefficient (Wildman–Crippen LogP) is -0.715. The van der Waals surface area contributed by atoms with Gasteiger partial charge in [0.25, 0.3) is 0 Å². The average Bonchev–Trinajstić information content (AvgIpc) is 2.50. The van der Waals surface area contributed by atoms with Crippen molar-refractivity contribution in [2.75, 3.05) is 26.0 Å². The van der Waals surface area contributed by atoms with Crippen LogP contribution in [0.25, 0.3) is 0 Å². The number of nitrogens with one attached hydrogen (secondary N) is 2. The molecule has 8 heteroatoms. The molecule has 0 saturated carbocycles. The number of hydrogen-bond donors (Lipinski definition) is 3. The highest BCUT2D eigenvalue weighted by atomic mass is 32.1. The molecule has 0 aliphatic carbocycles. The second-order valence-electron chi connectivity index (χ2n) is 2.82. The van der Waals surface area contributed by atoms with Crippen LogP contribution in [-0.2, 0) is 16.1 Å². The number of aromatic nitrogens is 3. The number of aromatic amines is 1. The van der Waals surface area contributed by atoms with Crippen molar-refractivity contribution < 1.29 is 9.53 Å². The molecule has 1 amide bonds. The lowest BCUT2D eigenvalue weighted by Crippen LogP contribution is -2.30. The first-order valence-electron chi connectivity index (χ1n) is 4.31. The smallest absolute Gasteiger partial charge is 0.240 e. The number of nitrogens with two attached hydrogens (primary N) is 1. The Morgan fingerprint density at radius 2 is 2.53 bits per heavy atom. The molecule has 4 N–H and O–H groups in total. The minimum absolute atomic E-state index is 0.0604. The molecule has 84 valence electrons. The molecule has 0 aliphatic rings. The quantitative estimate of drug-likeness (QED) is 0.459. The van der Waals surface area contributed by atoms with Crippen molar-refractivity contribution in [1.82, 2.24) is 20.1 Å². The van der Waals surface area contributed by atoms with Crippen LogP contribution in [0.4, 0.5) is 5.95 Å². The molecule has 1 rings (SSSR count). The summed E-state index contributed by atoms with van der Waals surface area (Å²) in [4.78, 5) is 11.4. The van der Waals surface area contributed by atoms with Crippen LogP contribution in [-0.4, -0.2) is 40.9 Å². The topological polar surface area (TPSA) is 98.0 Å². The van der Waals surface area contributed by atoms with Gasteiger partial charge in [0.2, 0.25) is 11.9 Å². The average molecular weight is 231 g/mol. The zero-order chi connectivity index (χ0) is 11.3. The van der Waals surface area contributed by atoms with Crippen molar-refractivity contribution in [3.8, 4) is 0 Å². The first-order chi connectivity index (χ1) is 7.15. The third kappa shape index (κ3) is 3.33. The Morgan fingerprint density at radius 3 is 3.07 bits per heavy atom. The van der Waals surface area contributed by atoms with E-state index in [1.165, 1.54) is 4.57 Å². The lowest BCUT2D eigenvalue weighted by atomic mass is 10.5. The maximum absolute atomic E-state index is 11.4. The van der Waals surface area contributed by atoms with Gasteiger partial charge < -0.3 is 15.8 Å². The van der Waals surface area contributed by atoms with Crippen LogP contribution in [0.5, 0.6) is 0 Å². The number of carbonyl (C=O) groups is 1. The second kappa shape index (κ2) is 5.47. The fourth-order valence-electron chi connectivity index (χ4n) is 0.975. The summed E-state index contributed by atoms with van der Waals surface area (Å²) in [6.07, 6.45) is 0. The molecule has 0 unspecified atom stereocenters. The van der Waals surface area contributed by atoms with E-state index in [9.17, 15) is 4.79 Å². The van der Waals surface area contributed by atoms with E-state index in [1.54, 1.807) is 7.11 Å². The van der Waals surface area contributed by atoms with Crippen LogP contribution in [0.2, 0.25) is 0 Å². The van der Waals surface area contributed by atoms with Crippen molar-refractivity contribution in [2.45, 2.75) is 6.54 Å². The maximum atomic E-state index is 11.4. The van der Waals surface area contributed by atoms with Gasteiger partial charge in [-0.2, -0.15) is 0 Å². The lowest BCUT2D eigenvalue weighted by Gasteiger charge is -2.05. The fraction of sp³-hybridized carbons (Fsp3) is 0.571. The summed E-state index contributed by atoms with van der Waals surface area (Å²) in [5, 5.41) is 8.83. The van der Waals surface area contributed by atoms with Crippen molar-refractivity contribution in [3.63, 3.8) is 0 Å². The monoisotopic (exact) mass is 231 g/mol. The minimum Gasteiger partial charge on any atom is -0.383 e. The van der Waals surface area contributed by atoms with Gasteiger partial charge in [-0.1, -0.05) is 0 Å². The summed E-state index contributed by atoms with van der Waals surface area (Å²) in [5.41, 5.74) is 5.49. The van der Waals surface area contributed by atoms with Gasteiger partial charge >= 0.3 is 0 Å². The molecule has 0 atom stereocenters. The molecule has 0 aromatic carbocycles. The Balaban J connectivity index is 2.48. The number of anilines is 1. The molecule has 1 heterocycles. The van der Waals surface area contributed by atoms with E-state index in [4.69, 9.17) is 22.7 Å². The van der Waals surface area contributed by atoms with E-state index in [0.29, 0.717) is 17.9 Å². The summed E-state index contributed by atoms with van der Waals surface area (Å²) in [5.74, 6) is 0.0122. The number of H-pyrrole nitrogens is 1. The highest BCUT2D eigenvalue weighted by Crippen LogP contribution is 1.97. The molecular formula is C7H13N5O2S. The molecule has 0 radical (unpaired) electrons. The molecule has 1 aromatic rings. The zero-order valence-corrected chi connectivity index (χ0v) is 9.13. The molecule has 7 nitrogen and oxygen atoms in total. The number of nitrogens with zero attached hydrogens (tertiary/aromatic N) is 2. The van der Waals surface area contributed by atoms with E-state index in [-0.39, 0.29) is 18.4 Å². The molecule has 15 heavy (non-hydrogen) atoms. The highest BCUT2D eigenvalue weighted by molar-refractivity contribution is 7.71. The maximum Gasteiger partial charge on any atom is 0.240 e. The number of amides is 1. The Kier molecular flexibility index (Phi) is 4.25. The predicted molar refractivity (Wildman–Crippen MR) is 56.7 cm³/mol. The highest BCUT2D eigenvalue weighted by Gasteiger charge is 2.06. The largest absolute Gasteiger partial charge is 0.383 e. The van der Waals surface area contributed by atoms with Gasteiger partial charge in [0.05, 0.1) is 6.61 Å².